The molecule has 4 rings (SSSR count). The second-order valence-electron chi connectivity index (χ2n) is 7.79. The van der Waals surface area contributed by atoms with Crippen LogP contribution in [0.5, 0.6) is 0 Å². The van der Waals surface area contributed by atoms with Crippen LogP contribution in [0.25, 0.3) is 15.9 Å². The highest BCUT2D eigenvalue weighted by molar-refractivity contribution is 7.16. The lowest BCUT2D eigenvalue weighted by atomic mass is 9.95. The quantitative estimate of drug-likeness (QED) is 0.538. The lowest BCUT2D eigenvalue weighted by molar-refractivity contribution is -0.126. The maximum absolute atomic E-state index is 13.0. The second kappa shape index (κ2) is 10.1. The first-order valence-corrected chi connectivity index (χ1v) is 11.8. The number of nitrogens with zero attached hydrogens (tertiary/aromatic N) is 2. The van der Waals surface area contributed by atoms with Crippen LogP contribution >= 0.6 is 11.3 Å². The Morgan fingerprint density at radius 2 is 1.94 bits per heavy atom. The zero-order valence-electron chi connectivity index (χ0n) is 17.9. The van der Waals surface area contributed by atoms with E-state index in [1.54, 1.807) is 0 Å². The number of amides is 2. The van der Waals surface area contributed by atoms with Gasteiger partial charge in [-0.2, -0.15) is 0 Å². The number of carbonyl (C=O) groups is 2. The average Bonchev–Trinajstić information content (AvgIpc) is 3.45. The van der Waals surface area contributed by atoms with Crippen LogP contribution < -0.4 is 5.32 Å². The molecular formula is C24H29N3O3S. The molecule has 6 nitrogen and oxygen atoms in total. The summed E-state index contributed by atoms with van der Waals surface area (Å²) < 4.78 is 7.42. The Morgan fingerprint density at radius 3 is 2.74 bits per heavy atom. The van der Waals surface area contributed by atoms with Crippen LogP contribution in [0.4, 0.5) is 0 Å². The van der Waals surface area contributed by atoms with Crippen molar-refractivity contribution in [2.45, 2.75) is 26.2 Å². The summed E-state index contributed by atoms with van der Waals surface area (Å²) in [6.07, 6.45) is 4.30. The second-order valence-corrected chi connectivity index (χ2v) is 8.85. The lowest BCUT2D eigenvalue weighted by Crippen LogP contribution is -2.43. The number of benzene rings is 1. The highest BCUT2D eigenvalue weighted by Gasteiger charge is 2.28. The number of aromatic nitrogens is 1. The molecule has 3 aromatic rings. The van der Waals surface area contributed by atoms with Gasteiger partial charge >= 0.3 is 0 Å². The SMILES string of the molecule is CCOCCCNC(=O)C1CCN(C(=O)c2ccc(-n3ccc4ccccc43)s2)CC1. The molecule has 0 aliphatic carbocycles. The van der Waals surface area contributed by atoms with Crippen molar-refractivity contribution in [2.75, 3.05) is 32.8 Å². The van der Waals surface area contributed by atoms with E-state index in [1.165, 1.54) is 16.7 Å². The topological polar surface area (TPSA) is 63.6 Å². The predicted molar refractivity (Wildman–Crippen MR) is 124 cm³/mol. The first-order valence-electron chi connectivity index (χ1n) is 11.0. The molecular weight excluding hydrogens is 410 g/mol. The van der Waals surface area contributed by atoms with Crippen molar-refractivity contribution in [3.63, 3.8) is 0 Å². The van der Waals surface area contributed by atoms with Gasteiger partial charge in [0.25, 0.3) is 5.91 Å². The lowest BCUT2D eigenvalue weighted by Gasteiger charge is -2.31. The van der Waals surface area contributed by atoms with E-state index in [1.807, 2.05) is 42.3 Å². The highest BCUT2D eigenvalue weighted by Crippen LogP contribution is 2.28. The number of piperidine rings is 1. The van der Waals surface area contributed by atoms with Crippen molar-refractivity contribution in [3.05, 3.63) is 53.5 Å². The Labute approximate surface area is 186 Å². The number of likely N-dealkylation sites (tertiary alicyclic amines) is 1. The molecule has 0 radical (unpaired) electrons. The maximum Gasteiger partial charge on any atom is 0.263 e. The fourth-order valence-corrected chi connectivity index (χ4v) is 4.99. The summed E-state index contributed by atoms with van der Waals surface area (Å²) in [5, 5.41) is 5.21. The molecule has 0 saturated carbocycles. The minimum atomic E-state index is -0.0127. The standard InChI is InChI=1S/C24H29N3O3S/c1-2-30-17-5-13-25-23(28)19-10-14-26(15-11-19)24(29)21-8-9-22(31-21)27-16-12-18-6-3-4-7-20(18)27/h3-4,6-9,12,16,19H,2,5,10-11,13-15,17H2,1H3,(H,25,28). The molecule has 1 fully saturated rings. The highest BCUT2D eigenvalue weighted by atomic mass is 32.1. The van der Waals surface area contributed by atoms with Crippen molar-refractivity contribution < 1.29 is 14.3 Å². The molecule has 2 amide bonds. The van der Waals surface area contributed by atoms with Crippen LogP contribution in [-0.4, -0.2) is 54.1 Å². The first-order chi connectivity index (χ1) is 15.2. The Morgan fingerprint density at radius 1 is 1.13 bits per heavy atom. The van der Waals surface area contributed by atoms with E-state index in [-0.39, 0.29) is 17.7 Å². The summed E-state index contributed by atoms with van der Waals surface area (Å²) in [4.78, 5) is 28.0. The van der Waals surface area contributed by atoms with Crippen molar-refractivity contribution in [2.24, 2.45) is 5.92 Å². The maximum atomic E-state index is 13.0. The van der Waals surface area contributed by atoms with Gasteiger partial charge in [0, 0.05) is 45.0 Å². The molecule has 1 saturated heterocycles. The van der Waals surface area contributed by atoms with Crippen molar-refractivity contribution in [1.29, 1.82) is 0 Å². The van der Waals surface area contributed by atoms with Gasteiger partial charge in [-0.05, 0) is 55.8 Å². The summed E-state index contributed by atoms with van der Waals surface area (Å²) in [6.45, 7) is 5.22. The molecule has 0 spiro atoms. The van der Waals surface area contributed by atoms with Gasteiger partial charge < -0.3 is 19.5 Å². The normalized spacial score (nSPS) is 14.8. The van der Waals surface area contributed by atoms with Gasteiger partial charge in [0.2, 0.25) is 5.91 Å². The minimum Gasteiger partial charge on any atom is -0.382 e. The smallest absolute Gasteiger partial charge is 0.263 e. The number of ether oxygens (including phenoxy) is 1. The fourth-order valence-electron chi connectivity index (χ4n) is 4.02. The summed E-state index contributed by atoms with van der Waals surface area (Å²) in [5.74, 6) is 0.144. The van der Waals surface area contributed by atoms with Gasteiger partial charge in [-0.25, -0.2) is 0 Å². The van der Waals surface area contributed by atoms with E-state index in [9.17, 15) is 9.59 Å². The molecule has 1 N–H and O–H groups in total. The van der Waals surface area contributed by atoms with Crippen molar-refractivity contribution in [3.8, 4) is 5.00 Å². The van der Waals surface area contributed by atoms with E-state index in [0.717, 1.165) is 21.8 Å². The van der Waals surface area contributed by atoms with E-state index in [4.69, 9.17) is 4.74 Å². The number of para-hydroxylation sites is 1. The van der Waals surface area contributed by atoms with Crippen LogP contribution in [-0.2, 0) is 9.53 Å². The van der Waals surface area contributed by atoms with Crippen LogP contribution in [0.1, 0.15) is 35.9 Å². The summed E-state index contributed by atoms with van der Waals surface area (Å²) in [5.41, 5.74) is 1.14. The fraction of sp³-hybridized carbons (Fsp3) is 0.417. The number of carbonyl (C=O) groups excluding carboxylic acids is 2. The Hall–Kier alpha value is -2.64. The number of nitrogens with one attached hydrogen (secondary N) is 1. The van der Waals surface area contributed by atoms with Gasteiger partial charge in [-0.1, -0.05) is 18.2 Å². The van der Waals surface area contributed by atoms with Gasteiger partial charge in [0.15, 0.2) is 0 Å². The minimum absolute atomic E-state index is 0.0127. The third-order valence-electron chi connectivity index (χ3n) is 5.76. The van der Waals surface area contributed by atoms with Gasteiger partial charge in [-0.3, -0.25) is 9.59 Å². The Balaban J connectivity index is 1.31. The van der Waals surface area contributed by atoms with E-state index in [2.05, 4.69) is 28.1 Å². The zero-order valence-corrected chi connectivity index (χ0v) is 18.7. The summed E-state index contributed by atoms with van der Waals surface area (Å²) >= 11 is 1.51. The van der Waals surface area contributed by atoms with Gasteiger partial charge in [-0.15, -0.1) is 11.3 Å². The molecule has 1 aromatic carbocycles. The van der Waals surface area contributed by atoms with Crippen molar-refractivity contribution in [1.82, 2.24) is 14.8 Å². The van der Waals surface area contributed by atoms with E-state index < -0.39 is 0 Å². The number of hydrogen-bond donors (Lipinski definition) is 1. The molecule has 0 bridgehead atoms. The molecule has 0 atom stereocenters. The molecule has 0 unspecified atom stereocenters. The Kier molecular flexibility index (Phi) is 7.04. The molecule has 164 valence electrons. The molecule has 7 heteroatoms. The number of thiophene rings is 1. The molecule has 2 aromatic heterocycles. The number of fused-ring (bicyclic) bond motifs is 1. The van der Waals surface area contributed by atoms with E-state index >= 15 is 0 Å². The van der Waals surface area contributed by atoms with Crippen LogP contribution in [0.2, 0.25) is 0 Å². The molecule has 31 heavy (non-hydrogen) atoms. The van der Waals surface area contributed by atoms with Gasteiger partial charge in [0.1, 0.15) is 5.00 Å². The Bertz CT molecular complexity index is 1030. The third-order valence-corrected chi connectivity index (χ3v) is 6.83. The molecule has 3 heterocycles. The first kappa shape index (κ1) is 21.6. The number of hydrogen-bond acceptors (Lipinski definition) is 4. The average molecular weight is 440 g/mol. The van der Waals surface area contributed by atoms with Crippen molar-refractivity contribution >= 4 is 34.1 Å². The van der Waals surface area contributed by atoms with Crippen LogP contribution in [0.3, 0.4) is 0 Å². The van der Waals surface area contributed by atoms with Crippen LogP contribution in [0.15, 0.2) is 48.7 Å². The molecule has 1 aliphatic heterocycles. The monoisotopic (exact) mass is 439 g/mol. The zero-order chi connectivity index (χ0) is 21.6. The molecule has 1 aliphatic rings. The van der Waals surface area contributed by atoms with Crippen LogP contribution in [0, 0.1) is 5.92 Å². The third kappa shape index (κ3) is 4.99. The largest absolute Gasteiger partial charge is 0.382 e. The summed E-state index contributed by atoms with van der Waals surface area (Å²) in [6, 6.07) is 14.2. The van der Waals surface area contributed by atoms with E-state index in [0.29, 0.717) is 45.7 Å². The number of rotatable bonds is 8. The summed E-state index contributed by atoms with van der Waals surface area (Å²) in [7, 11) is 0. The van der Waals surface area contributed by atoms with Gasteiger partial charge in [0.05, 0.1) is 10.4 Å². The predicted octanol–water partition coefficient (Wildman–Crippen LogP) is 4.09.